The summed E-state index contributed by atoms with van der Waals surface area (Å²) in [6.45, 7) is 1.27. The Bertz CT molecular complexity index is 655. The number of rotatable bonds is 3. The smallest absolute Gasteiger partial charge is 0.225 e. The fraction of sp³-hybridized carbons (Fsp3) is 0.438. The van der Waals surface area contributed by atoms with Crippen LogP contribution in [0.4, 0.5) is 10.3 Å². The number of hydrogen-bond acceptors (Lipinski definition) is 6. The molecule has 4 rings (SSSR count). The van der Waals surface area contributed by atoms with Gasteiger partial charge in [0.2, 0.25) is 11.8 Å². The largest absolute Gasteiger partial charge is 0.471 e. The van der Waals surface area contributed by atoms with Gasteiger partial charge in [-0.25, -0.2) is 19.3 Å². The third kappa shape index (κ3) is 2.84. The Balaban J connectivity index is 1.51. The zero-order chi connectivity index (χ0) is 15.6. The summed E-state index contributed by atoms with van der Waals surface area (Å²) in [5, 5.41) is 0. The lowest BCUT2D eigenvalue weighted by Gasteiger charge is -2.38. The molecule has 0 radical (unpaired) electrons. The summed E-state index contributed by atoms with van der Waals surface area (Å²) in [5.41, 5.74) is 0. The third-order valence-corrected chi connectivity index (χ3v) is 4.31. The Hall–Kier alpha value is -2.28. The predicted molar refractivity (Wildman–Crippen MR) is 80.8 cm³/mol. The summed E-state index contributed by atoms with van der Waals surface area (Å²) in [7, 11) is 0. The molecule has 1 saturated heterocycles. The SMILES string of the molecule is Fc1cnc(N2CCO[C@@H]3[C@@H](Oc4ccccn4)CC[C@H]32)nc1. The van der Waals surface area contributed by atoms with Gasteiger partial charge in [-0.15, -0.1) is 0 Å². The summed E-state index contributed by atoms with van der Waals surface area (Å²) in [6.07, 6.45) is 5.81. The van der Waals surface area contributed by atoms with Gasteiger partial charge < -0.3 is 14.4 Å². The van der Waals surface area contributed by atoms with Crippen LogP contribution in [0.1, 0.15) is 12.8 Å². The maximum atomic E-state index is 13.0. The number of morpholine rings is 1. The molecule has 1 aliphatic carbocycles. The molecule has 0 aromatic carbocycles. The molecule has 6 nitrogen and oxygen atoms in total. The first-order valence-corrected chi connectivity index (χ1v) is 7.75. The molecule has 3 atom stereocenters. The van der Waals surface area contributed by atoms with Gasteiger partial charge in [0.1, 0.15) is 12.2 Å². The monoisotopic (exact) mass is 316 g/mol. The molecule has 7 heteroatoms. The quantitative estimate of drug-likeness (QED) is 0.861. The summed E-state index contributed by atoms with van der Waals surface area (Å²) >= 11 is 0. The van der Waals surface area contributed by atoms with Crippen LogP contribution in [0.25, 0.3) is 0 Å². The molecular weight excluding hydrogens is 299 g/mol. The average molecular weight is 316 g/mol. The minimum Gasteiger partial charge on any atom is -0.471 e. The van der Waals surface area contributed by atoms with Crippen LogP contribution in [-0.2, 0) is 4.74 Å². The Kier molecular flexibility index (Phi) is 3.78. The van der Waals surface area contributed by atoms with Crippen LogP contribution >= 0.6 is 0 Å². The molecule has 0 N–H and O–H groups in total. The van der Waals surface area contributed by atoms with Crippen molar-refractivity contribution in [2.75, 3.05) is 18.1 Å². The van der Waals surface area contributed by atoms with E-state index in [1.165, 1.54) is 12.4 Å². The molecular formula is C16H17FN4O2. The number of fused-ring (bicyclic) bond motifs is 1. The highest BCUT2D eigenvalue weighted by Crippen LogP contribution is 2.34. The van der Waals surface area contributed by atoms with E-state index in [-0.39, 0.29) is 18.2 Å². The lowest BCUT2D eigenvalue weighted by atomic mass is 10.1. The number of anilines is 1. The summed E-state index contributed by atoms with van der Waals surface area (Å²) < 4.78 is 25.0. The van der Waals surface area contributed by atoms with Crippen LogP contribution in [0, 0.1) is 5.82 Å². The van der Waals surface area contributed by atoms with Gasteiger partial charge in [-0.3, -0.25) is 0 Å². The van der Waals surface area contributed by atoms with Crippen LogP contribution in [0.2, 0.25) is 0 Å². The molecule has 2 aromatic heterocycles. The molecule has 1 saturated carbocycles. The lowest BCUT2D eigenvalue weighted by molar-refractivity contribution is -0.0323. The van der Waals surface area contributed by atoms with Gasteiger partial charge in [0, 0.05) is 18.8 Å². The van der Waals surface area contributed by atoms with Crippen molar-refractivity contribution in [1.29, 1.82) is 0 Å². The molecule has 0 bridgehead atoms. The van der Waals surface area contributed by atoms with E-state index in [4.69, 9.17) is 9.47 Å². The molecule has 120 valence electrons. The second kappa shape index (κ2) is 6.08. The van der Waals surface area contributed by atoms with E-state index in [0.29, 0.717) is 25.0 Å². The van der Waals surface area contributed by atoms with Crippen molar-refractivity contribution in [3.63, 3.8) is 0 Å². The third-order valence-electron chi connectivity index (χ3n) is 4.31. The van der Waals surface area contributed by atoms with E-state index < -0.39 is 5.82 Å². The van der Waals surface area contributed by atoms with Crippen LogP contribution < -0.4 is 9.64 Å². The molecule has 3 heterocycles. The maximum Gasteiger partial charge on any atom is 0.225 e. The van der Waals surface area contributed by atoms with Crippen molar-refractivity contribution in [3.8, 4) is 5.88 Å². The maximum absolute atomic E-state index is 13.0. The number of nitrogens with zero attached hydrogens (tertiary/aromatic N) is 4. The van der Waals surface area contributed by atoms with Crippen LogP contribution in [0.15, 0.2) is 36.8 Å². The van der Waals surface area contributed by atoms with E-state index in [2.05, 4.69) is 19.9 Å². The lowest BCUT2D eigenvalue weighted by Crippen LogP contribution is -2.53. The minimum absolute atomic E-state index is 0.0434. The number of ether oxygens (including phenoxy) is 2. The molecule has 0 unspecified atom stereocenters. The zero-order valence-corrected chi connectivity index (χ0v) is 12.5. The molecule has 1 aliphatic heterocycles. The Morgan fingerprint density at radius 2 is 2.04 bits per heavy atom. The van der Waals surface area contributed by atoms with Gasteiger partial charge in [0.15, 0.2) is 5.82 Å². The van der Waals surface area contributed by atoms with Crippen LogP contribution in [0.3, 0.4) is 0 Å². The predicted octanol–water partition coefficient (Wildman–Crippen LogP) is 1.83. The molecule has 2 aromatic rings. The zero-order valence-electron chi connectivity index (χ0n) is 12.5. The highest BCUT2D eigenvalue weighted by Gasteiger charge is 2.45. The molecule has 23 heavy (non-hydrogen) atoms. The number of halogens is 1. The minimum atomic E-state index is -0.429. The van der Waals surface area contributed by atoms with Crippen molar-refractivity contribution < 1.29 is 13.9 Å². The van der Waals surface area contributed by atoms with Crippen molar-refractivity contribution in [2.45, 2.75) is 31.1 Å². The average Bonchev–Trinajstić information content (AvgIpc) is 3.00. The van der Waals surface area contributed by atoms with Crippen LogP contribution in [0.5, 0.6) is 5.88 Å². The van der Waals surface area contributed by atoms with Gasteiger partial charge in [-0.05, 0) is 18.9 Å². The summed E-state index contributed by atoms with van der Waals surface area (Å²) in [6, 6.07) is 5.74. The first-order chi connectivity index (χ1) is 11.3. The first-order valence-electron chi connectivity index (χ1n) is 7.75. The van der Waals surface area contributed by atoms with Crippen molar-refractivity contribution in [1.82, 2.24) is 15.0 Å². The molecule has 2 aliphatic rings. The normalized spacial score (nSPS) is 26.8. The fourth-order valence-electron chi connectivity index (χ4n) is 3.32. The highest BCUT2D eigenvalue weighted by atomic mass is 19.1. The van der Waals surface area contributed by atoms with Gasteiger partial charge in [0.25, 0.3) is 0 Å². The van der Waals surface area contributed by atoms with Crippen molar-refractivity contribution >= 4 is 5.95 Å². The fourth-order valence-corrected chi connectivity index (χ4v) is 3.32. The topological polar surface area (TPSA) is 60.4 Å². The standard InChI is InChI=1S/C16H17FN4O2/c17-11-9-19-16(20-10-11)21-7-8-22-15-12(21)4-5-13(15)23-14-3-1-2-6-18-14/h1-3,6,9-10,12-13,15H,4-5,7-8H2/t12-,13+,15+/m1/s1. The van der Waals surface area contributed by atoms with Gasteiger partial charge >= 0.3 is 0 Å². The first kappa shape index (κ1) is 14.3. The summed E-state index contributed by atoms with van der Waals surface area (Å²) in [4.78, 5) is 14.5. The molecule has 0 amide bonds. The van der Waals surface area contributed by atoms with E-state index in [1.54, 1.807) is 6.20 Å². The van der Waals surface area contributed by atoms with E-state index in [9.17, 15) is 4.39 Å². The Morgan fingerprint density at radius 3 is 2.83 bits per heavy atom. The molecule has 2 fully saturated rings. The van der Waals surface area contributed by atoms with Gasteiger partial charge in [-0.1, -0.05) is 6.07 Å². The van der Waals surface area contributed by atoms with Gasteiger partial charge in [-0.2, -0.15) is 0 Å². The Labute approximate surface area is 133 Å². The van der Waals surface area contributed by atoms with Crippen molar-refractivity contribution in [3.05, 3.63) is 42.6 Å². The van der Waals surface area contributed by atoms with E-state index >= 15 is 0 Å². The summed E-state index contributed by atoms with van der Waals surface area (Å²) in [5.74, 6) is 0.724. The Morgan fingerprint density at radius 1 is 1.17 bits per heavy atom. The van der Waals surface area contributed by atoms with Crippen LogP contribution in [-0.4, -0.2) is 46.4 Å². The second-order valence-electron chi connectivity index (χ2n) is 5.70. The molecule has 0 spiro atoms. The van der Waals surface area contributed by atoms with Crippen molar-refractivity contribution in [2.24, 2.45) is 0 Å². The van der Waals surface area contributed by atoms with E-state index in [0.717, 1.165) is 12.8 Å². The second-order valence-corrected chi connectivity index (χ2v) is 5.70. The van der Waals surface area contributed by atoms with Gasteiger partial charge in [0.05, 0.1) is 25.0 Å². The van der Waals surface area contributed by atoms with E-state index in [1.807, 2.05) is 18.2 Å². The number of pyridine rings is 1. The number of aromatic nitrogens is 3. The highest BCUT2D eigenvalue weighted by molar-refractivity contribution is 5.33. The number of hydrogen-bond donors (Lipinski definition) is 0.